The summed E-state index contributed by atoms with van der Waals surface area (Å²) >= 11 is 0. The maximum Gasteiger partial charge on any atom is 0.141 e. The Balaban J connectivity index is 2.17. The molecule has 1 aromatic heterocycles. The molecule has 0 amide bonds. The third-order valence-corrected chi connectivity index (χ3v) is 3.59. The van der Waals surface area contributed by atoms with Gasteiger partial charge in [-0.2, -0.15) is 0 Å². The van der Waals surface area contributed by atoms with E-state index in [2.05, 4.69) is 21.8 Å². The summed E-state index contributed by atoms with van der Waals surface area (Å²) in [4.78, 5) is 4.67. The Bertz CT molecular complexity index is 760. The molecule has 3 rings (SSSR count). The number of imidazole rings is 1. The van der Waals surface area contributed by atoms with Crippen molar-refractivity contribution in [3.8, 4) is 11.4 Å². The fraction of sp³-hybridized carbons (Fsp3) is 0.235. The molecule has 1 N–H and O–H groups in total. The van der Waals surface area contributed by atoms with Crippen molar-refractivity contribution in [2.45, 2.75) is 19.9 Å². The van der Waals surface area contributed by atoms with Crippen molar-refractivity contribution in [1.82, 2.24) is 9.55 Å². The molecular formula is C17H18FN3. The summed E-state index contributed by atoms with van der Waals surface area (Å²) in [5.41, 5.74) is 3.78. The molecule has 1 heterocycles. The average Bonchev–Trinajstić information content (AvgIpc) is 2.86. The van der Waals surface area contributed by atoms with Gasteiger partial charge in [0.15, 0.2) is 0 Å². The Hall–Kier alpha value is -2.36. The van der Waals surface area contributed by atoms with Crippen LogP contribution in [0.25, 0.3) is 22.4 Å². The molecule has 0 fully saturated rings. The number of fused-ring (bicyclic) bond motifs is 1. The summed E-state index contributed by atoms with van der Waals surface area (Å²) < 4.78 is 15.6. The van der Waals surface area contributed by atoms with Gasteiger partial charge in [0.1, 0.15) is 11.6 Å². The van der Waals surface area contributed by atoms with Gasteiger partial charge >= 0.3 is 0 Å². The molecule has 0 unspecified atom stereocenters. The van der Waals surface area contributed by atoms with E-state index in [1.165, 1.54) is 6.07 Å². The molecule has 0 radical (unpaired) electrons. The molecule has 0 atom stereocenters. The van der Waals surface area contributed by atoms with Crippen LogP contribution in [0.4, 0.5) is 10.1 Å². The zero-order chi connectivity index (χ0) is 14.8. The minimum absolute atomic E-state index is 0.225. The summed E-state index contributed by atoms with van der Waals surface area (Å²) in [5.74, 6) is 0.664. The molecule has 0 aliphatic carbocycles. The monoisotopic (exact) mass is 283 g/mol. The molecule has 108 valence electrons. The number of nitrogens with one attached hydrogen (secondary N) is 1. The van der Waals surface area contributed by atoms with Crippen LogP contribution < -0.4 is 5.32 Å². The number of hydrogen-bond acceptors (Lipinski definition) is 2. The first-order valence-corrected chi connectivity index (χ1v) is 7.17. The zero-order valence-corrected chi connectivity index (χ0v) is 12.2. The number of anilines is 1. The topological polar surface area (TPSA) is 29.9 Å². The number of aromatic nitrogens is 2. The first-order chi connectivity index (χ1) is 10.2. The lowest BCUT2D eigenvalue weighted by atomic mass is 10.2. The molecule has 3 aromatic rings. The lowest BCUT2D eigenvalue weighted by molar-refractivity contribution is 0.627. The Morgan fingerprint density at radius 3 is 2.57 bits per heavy atom. The fourth-order valence-corrected chi connectivity index (χ4v) is 2.55. The van der Waals surface area contributed by atoms with E-state index in [4.69, 9.17) is 0 Å². The van der Waals surface area contributed by atoms with E-state index in [0.29, 0.717) is 0 Å². The summed E-state index contributed by atoms with van der Waals surface area (Å²) in [6, 6.07) is 12.9. The number of rotatable bonds is 4. The summed E-state index contributed by atoms with van der Waals surface area (Å²) in [7, 11) is 1.89. The van der Waals surface area contributed by atoms with Gasteiger partial charge in [0.05, 0.1) is 11.0 Å². The van der Waals surface area contributed by atoms with Crippen molar-refractivity contribution in [3.05, 3.63) is 48.3 Å². The Kier molecular flexibility index (Phi) is 3.60. The van der Waals surface area contributed by atoms with E-state index in [9.17, 15) is 4.39 Å². The molecule has 0 saturated carbocycles. The second-order valence-corrected chi connectivity index (χ2v) is 5.05. The van der Waals surface area contributed by atoms with Crippen molar-refractivity contribution >= 4 is 16.7 Å². The van der Waals surface area contributed by atoms with Crippen molar-refractivity contribution in [2.24, 2.45) is 0 Å². The zero-order valence-electron chi connectivity index (χ0n) is 12.2. The predicted molar refractivity (Wildman–Crippen MR) is 85.0 cm³/mol. The molecule has 21 heavy (non-hydrogen) atoms. The van der Waals surface area contributed by atoms with Crippen molar-refractivity contribution < 1.29 is 4.39 Å². The van der Waals surface area contributed by atoms with Gasteiger partial charge in [0.2, 0.25) is 0 Å². The third kappa shape index (κ3) is 2.49. The van der Waals surface area contributed by atoms with E-state index < -0.39 is 0 Å². The van der Waals surface area contributed by atoms with Gasteiger partial charge < -0.3 is 9.88 Å². The highest BCUT2D eigenvalue weighted by atomic mass is 19.1. The lowest BCUT2D eigenvalue weighted by Crippen LogP contribution is -2.00. The molecule has 4 heteroatoms. The first kappa shape index (κ1) is 13.6. The van der Waals surface area contributed by atoms with E-state index in [-0.39, 0.29) is 5.82 Å². The number of halogens is 1. The molecular weight excluding hydrogens is 265 g/mol. The van der Waals surface area contributed by atoms with Crippen LogP contribution in [0.1, 0.15) is 13.3 Å². The van der Waals surface area contributed by atoms with Gasteiger partial charge in [-0.05, 0) is 48.9 Å². The largest absolute Gasteiger partial charge is 0.388 e. The van der Waals surface area contributed by atoms with Crippen molar-refractivity contribution in [2.75, 3.05) is 12.4 Å². The second kappa shape index (κ2) is 5.56. The molecule has 3 nitrogen and oxygen atoms in total. The number of nitrogens with zero attached hydrogens (tertiary/aromatic N) is 2. The molecule has 0 aliphatic heterocycles. The van der Waals surface area contributed by atoms with Gasteiger partial charge in [-0.3, -0.25) is 0 Å². The van der Waals surface area contributed by atoms with Crippen molar-refractivity contribution in [1.29, 1.82) is 0 Å². The van der Waals surface area contributed by atoms with E-state index in [0.717, 1.165) is 41.1 Å². The third-order valence-electron chi connectivity index (χ3n) is 3.59. The predicted octanol–water partition coefficient (Wildman–Crippen LogP) is 4.29. The fourth-order valence-electron chi connectivity index (χ4n) is 2.55. The lowest BCUT2D eigenvalue weighted by Gasteiger charge is -2.08. The Morgan fingerprint density at radius 1 is 1.14 bits per heavy atom. The minimum atomic E-state index is -0.225. The minimum Gasteiger partial charge on any atom is -0.388 e. The highest BCUT2D eigenvalue weighted by Crippen LogP contribution is 2.26. The maximum atomic E-state index is 13.5. The van der Waals surface area contributed by atoms with Gasteiger partial charge in [0, 0.05) is 24.8 Å². The van der Waals surface area contributed by atoms with Crippen LogP contribution >= 0.6 is 0 Å². The Labute approximate surface area is 123 Å². The van der Waals surface area contributed by atoms with E-state index in [1.807, 2.05) is 31.3 Å². The smallest absolute Gasteiger partial charge is 0.141 e. The quantitative estimate of drug-likeness (QED) is 0.774. The van der Waals surface area contributed by atoms with Crippen LogP contribution in [0, 0.1) is 5.82 Å². The Morgan fingerprint density at radius 2 is 1.90 bits per heavy atom. The van der Waals surface area contributed by atoms with Crippen LogP contribution in [0.2, 0.25) is 0 Å². The number of benzene rings is 2. The second-order valence-electron chi connectivity index (χ2n) is 5.05. The number of hydrogen-bond donors (Lipinski definition) is 1. The molecule has 0 aliphatic rings. The standard InChI is InChI=1S/C17H18FN3/c1-3-10-21-16-11-13(18)6-9-15(16)20-17(21)12-4-7-14(19-2)8-5-12/h4-9,11,19H,3,10H2,1-2H3. The highest BCUT2D eigenvalue weighted by molar-refractivity contribution is 5.81. The van der Waals surface area contributed by atoms with Crippen LogP contribution in [-0.2, 0) is 6.54 Å². The van der Waals surface area contributed by atoms with Crippen LogP contribution in [0.15, 0.2) is 42.5 Å². The molecule has 0 saturated heterocycles. The van der Waals surface area contributed by atoms with Gasteiger partial charge in [-0.1, -0.05) is 6.92 Å². The number of aryl methyl sites for hydroxylation is 1. The van der Waals surface area contributed by atoms with Gasteiger partial charge in [-0.15, -0.1) is 0 Å². The van der Waals surface area contributed by atoms with E-state index in [1.54, 1.807) is 12.1 Å². The molecule has 0 spiro atoms. The SMILES string of the molecule is CCCn1c(-c2ccc(NC)cc2)nc2ccc(F)cc21. The first-order valence-electron chi connectivity index (χ1n) is 7.17. The molecule has 0 bridgehead atoms. The van der Waals surface area contributed by atoms with Crippen molar-refractivity contribution in [3.63, 3.8) is 0 Å². The summed E-state index contributed by atoms with van der Waals surface area (Å²) in [6.07, 6.45) is 0.976. The average molecular weight is 283 g/mol. The summed E-state index contributed by atoms with van der Waals surface area (Å²) in [5, 5.41) is 3.10. The van der Waals surface area contributed by atoms with Crippen LogP contribution in [0.5, 0.6) is 0 Å². The van der Waals surface area contributed by atoms with Gasteiger partial charge in [0.25, 0.3) is 0 Å². The van der Waals surface area contributed by atoms with Gasteiger partial charge in [-0.25, -0.2) is 9.37 Å². The molecule has 2 aromatic carbocycles. The van der Waals surface area contributed by atoms with Crippen LogP contribution in [0.3, 0.4) is 0 Å². The maximum absolute atomic E-state index is 13.5. The summed E-state index contributed by atoms with van der Waals surface area (Å²) in [6.45, 7) is 2.93. The van der Waals surface area contributed by atoms with E-state index >= 15 is 0 Å². The highest BCUT2D eigenvalue weighted by Gasteiger charge is 2.12. The normalized spacial score (nSPS) is 11.0. The van der Waals surface area contributed by atoms with Crippen LogP contribution in [-0.4, -0.2) is 16.6 Å².